The molecule has 3 aliphatic rings. The first kappa shape index (κ1) is 15.2. The minimum atomic E-state index is 0.0843. The number of nitrogens with zero attached hydrogens (tertiary/aromatic N) is 2. The molecule has 2 heterocycles. The molecule has 118 valence electrons. The average Bonchev–Trinajstić information content (AvgIpc) is 3.26. The van der Waals surface area contributed by atoms with Crippen molar-refractivity contribution in [1.82, 2.24) is 15.1 Å². The van der Waals surface area contributed by atoms with Crippen LogP contribution in [0.25, 0.3) is 0 Å². The van der Waals surface area contributed by atoms with E-state index in [4.69, 9.17) is 0 Å². The van der Waals surface area contributed by atoms with Crippen LogP contribution >= 0.6 is 11.8 Å². The second-order valence-electron chi connectivity index (χ2n) is 6.27. The fourth-order valence-electron chi connectivity index (χ4n) is 3.31. The van der Waals surface area contributed by atoms with E-state index in [9.17, 15) is 9.59 Å². The summed E-state index contributed by atoms with van der Waals surface area (Å²) in [7, 11) is 0. The van der Waals surface area contributed by atoms with Crippen molar-refractivity contribution in [3.8, 4) is 0 Å². The van der Waals surface area contributed by atoms with E-state index < -0.39 is 0 Å². The lowest BCUT2D eigenvalue weighted by Gasteiger charge is -2.36. The summed E-state index contributed by atoms with van der Waals surface area (Å²) in [6.45, 7) is 3.33. The van der Waals surface area contributed by atoms with Gasteiger partial charge in [-0.25, -0.2) is 0 Å². The Bertz CT molecular complexity index is 400. The van der Waals surface area contributed by atoms with Crippen molar-refractivity contribution in [1.29, 1.82) is 0 Å². The molecule has 2 aliphatic heterocycles. The average molecular weight is 311 g/mol. The standard InChI is InChI=1S/C15H25N3O2S/c19-14(6-8-17-9-10-21-15(17)20)16-11-13-3-1-2-7-18(13)12-4-5-12/h12-13H,1-11H2,(H,16,19)/t13-/m1/s1. The van der Waals surface area contributed by atoms with Gasteiger partial charge in [-0.2, -0.15) is 0 Å². The summed E-state index contributed by atoms with van der Waals surface area (Å²) in [5.74, 6) is 0.944. The fraction of sp³-hybridized carbons (Fsp3) is 0.867. The monoisotopic (exact) mass is 311 g/mol. The maximum absolute atomic E-state index is 12.0. The first-order valence-corrected chi connectivity index (χ1v) is 9.17. The Hall–Kier alpha value is -0.750. The van der Waals surface area contributed by atoms with Crippen LogP contribution < -0.4 is 5.32 Å². The number of hydrogen-bond donors (Lipinski definition) is 1. The molecule has 2 saturated heterocycles. The summed E-state index contributed by atoms with van der Waals surface area (Å²) in [5, 5.41) is 3.20. The smallest absolute Gasteiger partial charge is 0.281 e. The van der Waals surface area contributed by atoms with Crippen molar-refractivity contribution in [2.24, 2.45) is 0 Å². The lowest BCUT2D eigenvalue weighted by atomic mass is 10.0. The largest absolute Gasteiger partial charge is 0.354 e. The Balaban J connectivity index is 1.37. The Labute approximate surface area is 130 Å². The van der Waals surface area contributed by atoms with Gasteiger partial charge in [0.15, 0.2) is 0 Å². The number of carbonyl (C=O) groups is 2. The molecule has 0 radical (unpaired) electrons. The van der Waals surface area contributed by atoms with Gasteiger partial charge in [0.2, 0.25) is 5.91 Å². The number of rotatable bonds is 6. The second-order valence-corrected chi connectivity index (χ2v) is 7.32. The molecule has 0 aromatic carbocycles. The number of amides is 2. The molecule has 1 aliphatic carbocycles. The van der Waals surface area contributed by atoms with Gasteiger partial charge < -0.3 is 10.2 Å². The van der Waals surface area contributed by atoms with Crippen molar-refractivity contribution in [2.45, 2.75) is 50.6 Å². The van der Waals surface area contributed by atoms with Crippen LogP contribution in [0, 0.1) is 0 Å². The molecule has 0 bridgehead atoms. The Morgan fingerprint density at radius 3 is 2.81 bits per heavy atom. The lowest BCUT2D eigenvalue weighted by molar-refractivity contribution is -0.121. The zero-order valence-corrected chi connectivity index (χ0v) is 13.4. The highest BCUT2D eigenvalue weighted by Crippen LogP contribution is 2.32. The van der Waals surface area contributed by atoms with Gasteiger partial charge in [-0.1, -0.05) is 18.2 Å². The van der Waals surface area contributed by atoms with E-state index >= 15 is 0 Å². The highest BCUT2D eigenvalue weighted by molar-refractivity contribution is 8.13. The molecule has 1 N–H and O–H groups in total. The number of hydrogen-bond acceptors (Lipinski definition) is 4. The van der Waals surface area contributed by atoms with Crippen molar-refractivity contribution < 1.29 is 9.59 Å². The number of carbonyl (C=O) groups excluding carboxylic acids is 2. The zero-order valence-electron chi connectivity index (χ0n) is 12.6. The molecule has 2 amide bonds. The van der Waals surface area contributed by atoms with Crippen LogP contribution in [0.15, 0.2) is 0 Å². The number of thioether (sulfide) groups is 1. The molecule has 3 rings (SSSR count). The van der Waals surface area contributed by atoms with Crippen LogP contribution in [0.5, 0.6) is 0 Å². The van der Waals surface area contributed by atoms with E-state index in [1.165, 1.54) is 50.4 Å². The molecule has 1 saturated carbocycles. The highest BCUT2D eigenvalue weighted by Gasteiger charge is 2.35. The number of piperidine rings is 1. The van der Waals surface area contributed by atoms with Crippen LogP contribution in [0.3, 0.4) is 0 Å². The Kier molecular flexibility index (Phi) is 5.06. The molecule has 0 spiro atoms. The van der Waals surface area contributed by atoms with Crippen LogP contribution in [-0.4, -0.2) is 65.0 Å². The molecule has 21 heavy (non-hydrogen) atoms. The van der Waals surface area contributed by atoms with E-state index in [-0.39, 0.29) is 11.1 Å². The summed E-state index contributed by atoms with van der Waals surface area (Å²) < 4.78 is 0. The predicted molar refractivity (Wildman–Crippen MR) is 84.4 cm³/mol. The summed E-state index contributed by atoms with van der Waals surface area (Å²) in [6, 6.07) is 1.31. The van der Waals surface area contributed by atoms with Crippen molar-refractivity contribution in [2.75, 3.05) is 31.9 Å². The van der Waals surface area contributed by atoms with Crippen LogP contribution in [-0.2, 0) is 4.79 Å². The third-order valence-corrected chi connectivity index (χ3v) is 5.57. The van der Waals surface area contributed by atoms with E-state index in [1.54, 1.807) is 4.90 Å². The lowest BCUT2D eigenvalue weighted by Crippen LogP contribution is -2.47. The third kappa shape index (κ3) is 4.13. The van der Waals surface area contributed by atoms with Gasteiger partial charge in [-0.05, 0) is 32.2 Å². The first-order valence-electron chi connectivity index (χ1n) is 8.18. The molecule has 3 fully saturated rings. The van der Waals surface area contributed by atoms with Gasteiger partial charge in [-0.15, -0.1) is 0 Å². The van der Waals surface area contributed by atoms with Crippen molar-refractivity contribution in [3.63, 3.8) is 0 Å². The highest BCUT2D eigenvalue weighted by atomic mass is 32.2. The van der Waals surface area contributed by atoms with E-state index in [1.807, 2.05) is 0 Å². The summed E-state index contributed by atoms with van der Waals surface area (Å²) in [5.41, 5.74) is 0. The normalized spacial score (nSPS) is 27.1. The molecule has 0 unspecified atom stereocenters. The van der Waals surface area contributed by atoms with Crippen molar-refractivity contribution in [3.05, 3.63) is 0 Å². The van der Waals surface area contributed by atoms with Crippen LogP contribution in [0.2, 0.25) is 0 Å². The molecule has 5 nitrogen and oxygen atoms in total. The van der Waals surface area contributed by atoms with Crippen molar-refractivity contribution >= 4 is 22.9 Å². The molecular formula is C15H25N3O2S. The Morgan fingerprint density at radius 2 is 2.10 bits per heavy atom. The summed E-state index contributed by atoms with van der Waals surface area (Å²) in [6.07, 6.45) is 6.89. The van der Waals surface area contributed by atoms with Crippen LogP contribution in [0.1, 0.15) is 38.5 Å². The summed E-state index contributed by atoms with van der Waals surface area (Å²) >= 11 is 1.35. The van der Waals surface area contributed by atoms with Gasteiger partial charge in [-0.3, -0.25) is 14.5 Å². The fourth-order valence-corrected chi connectivity index (χ4v) is 4.17. The maximum atomic E-state index is 12.0. The minimum absolute atomic E-state index is 0.0843. The molecule has 0 aromatic heterocycles. The van der Waals surface area contributed by atoms with Gasteiger partial charge in [0.05, 0.1) is 0 Å². The molecular weight excluding hydrogens is 286 g/mol. The second kappa shape index (κ2) is 7.01. The molecule has 1 atom stereocenters. The first-order chi connectivity index (χ1) is 10.2. The quantitative estimate of drug-likeness (QED) is 0.811. The summed E-state index contributed by atoms with van der Waals surface area (Å²) in [4.78, 5) is 27.8. The van der Waals surface area contributed by atoms with E-state index in [2.05, 4.69) is 10.2 Å². The topological polar surface area (TPSA) is 52.7 Å². The van der Waals surface area contributed by atoms with Gasteiger partial charge in [0, 0.05) is 43.9 Å². The SMILES string of the molecule is O=C(CCN1CCSC1=O)NC[C@H]1CCCCN1C1CC1. The van der Waals surface area contributed by atoms with Crippen LogP contribution in [0.4, 0.5) is 4.79 Å². The Morgan fingerprint density at radius 1 is 1.24 bits per heavy atom. The van der Waals surface area contributed by atoms with E-state index in [0.717, 1.165) is 24.9 Å². The number of nitrogens with one attached hydrogen (secondary N) is 1. The number of likely N-dealkylation sites (tertiary alicyclic amines) is 1. The molecule has 6 heteroatoms. The maximum Gasteiger partial charge on any atom is 0.281 e. The van der Waals surface area contributed by atoms with E-state index in [0.29, 0.717) is 19.0 Å². The van der Waals surface area contributed by atoms with Gasteiger partial charge >= 0.3 is 0 Å². The van der Waals surface area contributed by atoms with Gasteiger partial charge in [0.1, 0.15) is 0 Å². The van der Waals surface area contributed by atoms with Gasteiger partial charge in [0.25, 0.3) is 5.24 Å². The minimum Gasteiger partial charge on any atom is -0.354 e. The zero-order chi connectivity index (χ0) is 14.7. The molecule has 0 aromatic rings. The predicted octanol–water partition coefficient (Wildman–Crippen LogP) is 1.68. The third-order valence-electron chi connectivity index (χ3n) is 4.68.